The standard InChI is InChI=1S/C13H13FN4O3/c1-18(7-8-5-15-16-6-8)13(21)17-11-3-2-9(12(19)20)4-10(11)14/h2-6H,7H2,1H3,(H,15,16)(H,17,21)(H,19,20). The average molecular weight is 292 g/mol. The number of aromatic nitrogens is 2. The maximum atomic E-state index is 13.7. The molecule has 8 heteroatoms. The smallest absolute Gasteiger partial charge is 0.335 e. The first kappa shape index (κ1) is 14.5. The van der Waals surface area contributed by atoms with Crippen LogP contribution in [-0.2, 0) is 6.54 Å². The monoisotopic (exact) mass is 292 g/mol. The highest BCUT2D eigenvalue weighted by Gasteiger charge is 2.14. The fraction of sp³-hybridized carbons (Fsp3) is 0.154. The molecule has 0 atom stereocenters. The minimum atomic E-state index is -1.23. The fourth-order valence-corrected chi connectivity index (χ4v) is 1.67. The van der Waals surface area contributed by atoms with Gasteiger partial charge in [0.25, 0.3) is 0 Å². The molecule has 21 heavy (non-hydrogen) atoms. The van der Waals surface area contributed by atoms with Crippen molar-refractivity contribution in [2.45, 2.75) is 6.54 Å². The molecule has 0 spiro atoms. The van der Waals surface area contributed by atoms with Crippen LogP contribution in [0.3, 0.4) is 0 Å². The summed E-state index contributed by atoms with van der Waals surface area (Å²) in [6.45, 7) is 0.303. The Bertz CT molecular complexity index is 657. The summed E-state index contributed by atoms with van der Waals surface area (Å²) in [4.78, 5) is 24.0. The van der Waals surface area contributed by atoms with Gasteiger partial charge in [0, 0.05) is 18.8 Å². The van der Waals surface area contributed by atoms with Crippen molar-refractivity contribution in [3.05, 3.63) is 47.5 Å². The van der Waals surface area contributed by atoms with Crippen molar-refractivity contribution in [2.24, 2.45) is 0 Å². The molecule has 0 fully saturated rings. The molecule has 1 heterocycles. The minimum Gasteiger partial charge on any atom is -0.478 e. The van der Waals surface area contributed by atoms with Crippen molar-refractivity contribution in [1.82, 2.24) is 15.1 Å². The molecule has 2 aromatic rings. The van der Waals surface area contributed by atoms with E-state index in [0.717, 1.165) is 11.6 Å². The number of halogens is 1. The maximum Gasteiger partial charge on any atom is 0.335 e. The number of H-pyrrole nitrogens is 1. The topological polar surface area (TPSA) is 98.3 Å². The number of hydrogen-bond donors (Lipinski definition) is 3. The Hall–Kier alpha value is -2.90. The summed E-state index contributed by atoms with van der Waals surface area (Å²) >= 11 is 0. The van der Waals surface area contributed by atoms with E-state index in [2.05, 4.69) is 15.5 Å². The van der Waals surface area contributed by atoms with Crippen molar-refractivity contribution < 1.29 is 19.1 Å². The molecular formula is C13H13FN4O3. The lowest BCUT2D eigenvalue weighted by Crippen LogP contribution is -2.31. The number of aromatic carboxylic acids is 1. The van der Waals surface area contributed by atoms with Crippen molar-refractivity contribution in [2.75, 3.05) is 12.4 Å². The minimum absolute atomic E-state index is 0.0796. The number of nitrogens with zero attached hydrogens (tertiary/aromatic N) is 2. The molecule has 0 saturated carbocycles. The number of nitrogens with one attached hydrogen (secondary N) is 2. The zero-order valence-electron chi connectivity index (χ0n) is 11.1. The molecule has 2 rings (SSSR count). The highest BCUT2D eigenvalue weighted by Crippen LogP contribution is 2.16. The molecule has 2 amide bonds. The molecule has 0 aliphatic rings. The van der Waals surface area contributed by atoms with Gasteiger partial charge < -0.3 is 15.3 Å². The lowest BCUT2D eigenvalue weighted by atomic mass is 10.2. The molecule has 3 N–H and O–H groups in total. The molecule has 0 bridgehead atoms. The molecule has 7 nitrogen and oxygen atoms in total. The molecular weight excluding hydrogens is 279 g/mol. The fourth-order valence-electron chi connectivity index (χ4n) is 1.67. The number of benzene rings is 1. The highest BCUT2D eigenvalue weighted by atomic mass is 19.1. The number of aromatic amines is 1. The summed E-state index contributed by atoms with van der Waals surface area (Å²) in [6.07, 6.45) is 3.22. The largest absolute Gasteiger partial charge is 0.478 e. The van der Waals surface area contributed by atoms with E-state index in [4.69, 9.17) is 5.11 Å². The first-order valence-electron chi connectivity index (χ1n) is 6.00. The first-order chi connectivity index (χ1) is 9.97. The Kier molecular flexibility index (Phi) is 4.17. The van der Waals surface area contributed by atoms with Crippen LogP contribution in [0.4, 0.5) is 14.9 Å². The number of amides is 2. The lowest BCUT2D eigenvalue weighted by Gasteiger charge is -2.17. The van der Waals surface area contributed by atoms with Gasteiger partial charge in [-0.2, -0.15) is 5.10 Å². The van der Waals surface area contributed by atoms with Crippen LogP contribution in [0.2, 0.25) is 0 Å². The molecule has 1 aromatic carbocycles. The van der Waals surface area contributed by atoms with E-state index >= 15 is 0 Å². The van der Waals surface area contributed by atoms with Crippen LogP contribution in [0.5, 0.6) is 0 Å². The summed E-state index contributed by atoms with van der Waals surface area (Å²) in [6, 6.07) is 2.77. The second-order valence-corrected chi connectivity index (χ2v) is 4.39. The third-order valence-electron chi connectivity index (χ3n) is 2.78. The number of hydrogen-bond acceptors (Lipinski definition) is 3. The van der Waals surface area contributed by atoms with Crippen LogP contribution in [0.1, 0.15) is 15.9 Å². The predicted molar refractivity (Wildman–Crippen MR) is 72.4 cm³/mol. The normalized spacial score (nSPS) is 10.2. The van der Waals surface area contributed by atoms with Gasteiger partial charge in [0.15, 0.2) is 0 Å². The van der Waals surface area contributed by atoms with Crippen molar-refractivity contribution in [3.8, 4) is 0 Å². The number of carbonyl (C=O) groups is 2. The number of carboxylic acid groups (broad SMARTS) is 1. The van der Waals surface area contributed by atoms with Crippen LogP contribution in [-0.4, -0.2) is 39.3 Å². The van der Waals surface area contributed by atoms with Gasteiger partial charge in [-0.1, -0.05) is 0 Å². The van der Waals surface area contributed by atoms with E-state index in [1.165, 1.54) is 17.0 Å². The number of rotatable bonds is 4. The van der Waals surface area contributed by atoms with Gasteiger partial charge in [-0.15, -0.1) is 0 Å². The summed E-state index contributed by atoms with van der Waals surface area (Å²) < 4.78 is 13.7. The molecule has 0 unspecified atom stereocenters. The van der Waals surface area contributed by atoms with Gasteiger partial charge in [0.05, 0.1) is 24.0 Å². The highest BCUT2D eigenvalue weighted by molar-refractivity contribution is 5.91. The van der Waals surface area contributed by atoms with E-state index in [9.17, 15) is 14.0 Å². The Balaban J connectivity index is 2.03. The Morgan fingerprint density at radius 1 is 1.48 bits per heavy atom. The Morgan fingerprint density at radius 2 is 2.24 bits per heavy atom. The average Bonchev–Trinajstić information content (AvgIpc) is 2.93. The van der Waals surface area contributed by atoms with E-state index in [-0.39, 0.29) is 11.3 Å². The molecule has 110 valence electrons. The second kappa shape index (κ2) is 6.04. The van der Waals surface area contributed by atoms with E-state index < -0.39 is 17.8 Å². The van der Waals surface area contributed by atoms with E-state index in [1.807, 2.05) is 0 Å². The zero-order chi connectivity index (χ0) is 15.4. The maximum absolute atomic E-state index is 13.7. The van der Waals surface area contributed by atoms with Gasteiger partial charge in [-0.05, 0) is 18.2 Å². The van der Waals surface area contributed by atoms with Gasteiger partial charge in [-0.3, -0.25) is 5.10 Å². The quantitative estimate of drug-likeness (QED) is 0.801. The van der Waals surface area contributed by atoms with Crippen molar-refractivity contribution >= 4 is 17.7 Å². The number of anilines is 1. The summed E-state index contributed by atoms with van der Waals surface area (Å²) in [5.41, 5.74) is 0.538. The van der Waals surface area contributed by atoms with Crippen LogP contribution in [0.25, 0.3) is 0 Å². The molecule has 1 aromatic heterocycles. The predicted octanol–water partition coefficient (Wildman–Crippen LogP) is 1.91. The second-order valence-electron chi connectivity index (χ2n) is 4.39. The van der Waals surface area contributed by atoms with E-state index in [1.54, 1.807) is 19.4 Å². The summed E-state index contributed by atoms with van der Waals surface area (Å²) in [5, 5.41) is 17.5. The van der Waals surface area contributed by atoms with Gasteiger partial charge >= 0.3 is 12.0 Å². The third kappa shape index (κ3) is 3.56. The number of carbonyl (C=O) groups excluding carboxylic acids is 1. The molecule has 0 saturated heterocycles. The van der Waals surface area contributed by atoms with Crippen LogP contribution in [0.15, 0.2) is 30.6 Å². The molecule has 0 radical (unpaired) electrons. The first-order valence-corrected chi connectivity index (χ1v) is 6.00. The third-order valence-corrected chi connectivity index (χ3v) is 2.78. The van der Waals surface area contributed by atoms with E-state index in [0.29, 0.717) is 6.54 Å². The van der Waals surface area contributed by atoms with Crippen LogP contribution < -0.4 is 5.32 Å². The van der Waals surface area contributed by atoms with Crippen LogP contribution >= 0.6 is 0 Å². The molecule has 0 aliphatic heterocycles. The SMILES string of the molecule is CN(Cc1cn[nH]c1)C(=O)Nc1ccc(C(=O)O)cc1F. The van der Waals surface area contributed by atoms with Gasteiger partial charge in [0.1, 0.15) is 5.82 Å². The Morgan fingerprint density at radius 3 is 2.81 bits per heavy atom. The van der Waals surface area contributed by atoms with Crippen molar-refractivity contribution in [3.63, 3.8) is 0 Å². The number of carboxylic acids is 1. The van der Waals surface area contributed by atoms with Gasteiger partial charge in [0.2, 0.25) is 0 Å². The van der Waals surface area contributed by atoms with Crippen molar-refractivity contribution in [1.29, 1.82) is 0 Å². The number of urea groups is 1. The Labute approximate surface area is 119 Å². The summed E-state index contributed by atoms with van der Waals surface area (Å²) in [7, 11) is 1.55. The zero-order valence-corrected chi connectivity index (χ0v) is 11.1. The summed E-state index contributed by atoms with van der Waals surface area (Å²) in [5.74, 6) is -2.04. The molecule has 0 aliphatic carbocycles. The lowest BCUT2D eigenvalue weighted by molar-refractivity contribution is 0.0696. The van der Waals surface area contributed by atoms with Crippen LogP contribution in [0, 0.1) is 5.82 Å². The van der Waals surface area contributed by atoms with Gasteiger partial charge in [-0.25, -0.2) is 14.0 Å².